The first-order chi connectivity index (χ1) is 12.7. The van der Waals surface area contributed by atoms with E-state index in [1.165, 1.54) is 0 Å². The predicted molar refractivity (Wildman–Crippen MR) is 115 cm³/mol. The van der Waals surface area contributed by atoms with Gasteiger partial charge in [0.15, 0.2) is 0 Å². The SMILES string of the molecule is Brc1cccc(-c2ccccn2)c1.Brc1cccc(-c2ccccn2)c1.[Pt]. The number of aromatic nitrogens is 2. The zero-order valence-electron chi connectivity index (χ0n) is 14.2. The summed E-state index contributed by atoms with van der Waals surface area (Å²) in [6.45, 7) is 0. The molecule has 2 heterocycles. The van der Waals surface area contributed by atoms with Crippen molar-refractivity contribution >= 4 is 31.9 Å². The molecule has 5 heteroatoms. The molecular weight excluding hydrogens is 647 g/mol. The second-order valence-electron chi connectivity index (χ2n) is 5.45. The van der Waals surface area contributed by atoms with Crippen LogP contribution in [-0.4, -0.2) is 9.97 Å². The van der Waals surface area contributed by atoms with E-state index in [9.17, 15) is 0 Å². The molecule has 0 spiro atoms. The molecule has 0 saturated carbocycles. The number of halogens is 2. The van der Waals surface area contributed by atoms with Crippen LogP contribution in [0.1, 0.15) is 0 Å². The Morgan fingerprint density at radius 1 is 0.519 bits per heavy atom. The summed E-state index contributed by atoms with van der Waals surface area (Å²) in [5, 5.41) is 0. The third-order valence-electron chi connectivity index (χ3n) is 3.57. The summed E-state index contributed by atoms with van der Waals surface area (Å²) in [6, 6.07) is 28.1. The van der Waals surface area contributed by atoms with Crippen molar-refractivity contribution in [2.24, 2.45) is 0 Å². The van der Waals surface area contributed by atoms with Gasteiger partial charge in [-0.3, -0.25) is 9.97 Å². The molecule has 0 saturated heterocycles. The van der Waals surface area contributed by atoms with Gasteiger partial charge >= 0.3 is 0 Å². The van der Waals surface area contributed by atoms with E-state index in [0.29, 0.717) is 0 Å². The van der Waals surface area contributed by atoms with Crippen LogP contribution in [0.25, 0.3) is 22.5 Å². The quantitative estimate of drug-likeness (QED) is 0.231. The standard InChI is InChI=1S/2C11H8BrN.Pt/c2*12-10-5-3-4-9(8-10)11-6-1-2-7-13-11;/h2*1-8H;. The third-order valence-corrected chi connectivity index (χ3v) is 4.56. The van der Waals surface area contributed by atoms with E-state index in [4.69, 9.17) is 0 Å². The monoisotopic (exact) mass is 661 g/mol. The fourth-order valence-electron chi connectivity index (χ4n) is 2.36. The Morgan fingerprint density at radius 3 is 1.30 bits per heavy atom. The molecule has 0 radical (unpaired) electrons. The van der Waals surface area contributed by atoms with Crippen LogP contribution in [0, 0.1) is 0 Å². The van der Waals surface area contributed by atoms with Crippen molar-refractivity contribution in [3.63, 3.8) is 0 Å². The molecule has 2 aromatic heterocycles. The van der Waals surface area contributed by atoms with Gasteiger partial charge in [-0.25, -0.2) is 0 Å². The van der Waals surface area contributed by atoms with E-state index in [1.54, 1.807) is 12.4 Å². The van der Waals surface area contributed by atoms with Crippen molar-refractivity contribution in [2.45, 2.75) is 0 Å². The number of pyridine rings is 2. The number of benzene rings is 2. The number of hydrogen-bond acceptors (Lipinski definition) is 2. The fraction of sp³-hybridized carbons (Fsp3) is 0. The molecule has 0 aliphatic rings. The molecule has 138 valence electrons. The van der Waals surface area contributed by atoms with E-state index < -0.39 is 0 Å². The Kier molecular flexibility index (Phi) is 9.06. The first-order valence-corrected chi connectivity index (χ1v) is 9.65. The van der Waals surface area contributed by atoms with E-state index in [0.717, 1.165) is 31.5 Å². The summed E-state index contributed by atoms with van der Waals surface area (Å²) in [7, 11) is 0. The molecule has 0 bridgehead atoms. The molecule has 2 aromatic carbocycles. The largest absolute Gasteiger partial charge is 0.256 e. The van der Waals surface area contributed by atoms with Crippen LogP contribution < -0.4 is 0 Å². The minimum absolute atomic E-state index is 0. The minimum Gasteiger partial charge on any atom is -0.256 e. The summed E-state index contributed by atoms with van der Waals surface area (Å²) in [5.74, 6) is 0. The van der Waals surface area contributed by atoms with Gasteiger partial charge in [0.05, 0.1) is 11.4 Å². The van der Waals surface area contributed by atoms with Crippen molar-refractivity contribution in [3.8, 4) is 22.5 Å². The summed E-state index contributed by atoms with van der Waals surface area (Å²) in [5.41, 5.74) is 4.28. The summed E-state index contributed by atoms with van der Waals surface area (Å²) in [4.78, 5) is 8.54. The molecule has 0 aliphatic carbocycles. The van der Waals surface area contributed by atoms with Gasteiger partial charge in [0, 0.05) is 53.5 Å². The van der Waals surface area contributed by atoms with Crippen molar-refractivity contribution in [3.05, 3.63) is 106 Å². The van der Waals surface area contributed by atoms with E-state index >= 15 is 0 Å². The van der Waals surface area contributed by atoms with Crippen LogP contribution in [-0.2, 0) is 21.1 Å². The summed E-state index contributed by atoms with van der Waals surface area (Å²) in [6.07, 6.45) is 3.60. The van der Waals surface area contributed by atoms with Crippen molar-refractivity contribution in [2.75, 3.05) is 0 Å². The van der Waals surface area contributed by atoms with E-state index in [2.05, 4.69) is 54.0 Å². The van der Waals surface area contributed by atoms with Crippen LogP contribution in [0.2, 0.25) is 0 Å². The molecule has 0 atom stereocenters. The maximum atomic E-state index is 4.27. The summed E-state index contributed by atoms with van der Waals surface area (Å²) < 4.78 is 2.16. The van der Waals surface area contributed by atoms with Gasteiger partial charge in [-0.15, -0.1) is 0 Å². The van der Waals surface area contributed by atoms with Gasteiger partial charge < -0.3 is 0 Å². The van der Waals surface area contributed by atoms with Crippen LogP contribution in [0.3, 0.4) is 0 Å². The van der Waals surface area contributed by atoms with Gasteiger partial charge in [0.25, 0.3) is 0 Å². The first kappa shape index (κ1) is 21.7. The van der Waals surface area contributed by atoms with Gasteiger partial charge in [-0.1, -0.05) is 68.3 Å². The molecule has 0 unspecified atom stereocenters. The minimum atomic E-state index is 0. The van der Waals surface area contributed by atoms with Crippen LogP contribution >= 0.6 is 31.9 Å². The first-order valence-electron chi connectivity index (χ1n) is 8.06. The average Bonchev–Trinajstić information content (AvgIpc) is 2.70. The fourth-order valence-corrected chi connectivity index (χ4v) is 3.16. The number of hydrogen-bond donors (Lipinski definition) is 0. The smallest absolute Gasteiger partial charge is 0.0702 e. The molecule has 2 nitrogen and oxygen atoms in total. The van der Waals surface area contributed by atoms with Crippen LogP contribution in [0.15, 0.2) is 106 Å². The van der Waals surface area contributed by atoms with Crippen molar-refractivity contribution in [1.29, 1.82) is 0 Å². The molecule has 0 N–H and O–H groups in total. The second-order valence-corrected chi connectivity index (χ2v) is 7.28. The normalized spacial score (nSPS) is 9.56. The maximum absolute atomic E-state index is 4.27. The Morgan fingerprint density at radius 2 is 0.963 bits per heavy atom. The Bertz CT molecular complexity index is 883. The third kappa shape index (κ3) is 6.80. The number of rotatable bonds is 2. The molecule has 27 heavy (non-hydrogen) atoms. The van der Waals surface area contributed by atoms with E-state index in [-0.39, 0.29) is 21.1 Å². The van der Waals surface area contributed by atoms with Gasteiger partial charge in [0.2, 0.25) is 0 Å². The molecular formula is C22H16Br2N2Pt. The number of nitrogens with zero attached hydrogens (tertiary/aromatic N) is 2. The van der Waals surface area contributed by atoms with Crippen molar-refractivity contribution in [1.82, 2.24) is 9.97 Å². The van der Waals surface area contributed by atoms with Gasteiger partial charge in [-0.05, 0) is 48.5 Å². The molecule has 4 aromatic rings. The summed E-state index contributed by atoms with van der Waals surface area (Å²) >= 11 is 6.86. The maximum Gasteiger partial charge on any atom is 0.0702 e. The molecule has 0 amide bonds. The average molecular weight is 663 g/mol. The van der Waals surface area contributed by atoms with Gasteiger partial charge in [0.1, 0.15) is 0 Å². The Balaban J connectivity index is 0.000000187. The van der Waals surface area contributed by atoms with Crippen LogP contribution in [0.4, 0.5) is 0 Å². The molecule has 4 rings (SSSR count). The van der Waals surface area contributed by atoms with Gasteiger partial charge in [-0.2, -0.15) is 0 Å². The topological polar surface area (TPSA) is 25.8 Å². The predicted octanol–water partition coefficient (Wildman–Crippen LogP) is 7.02. The molecule has 0 fully saturated rings. The van der Waals surface area contributed by atoms with E-state index in [1.807, 2.05) is 72.8 Å². The molecule has 0 aliphatic heterocycles. The zero-order chi connectivity index (χ0) is 18.2. The van der Waals surface area contributed by atoms with Crippen molar-refractivity contribution < 1.29 is 21.1 Å². The Hall–Kier alpha value is -1.61. The Labute approximate surface area is 190 Å². The zero-order valence-corrected chi connectivity index (χ0v) is 19.6. The second kappa shape index (κ2) is 11.3. The van der Waals surface area contributed by atoms with Crippen LogP contribution in [0.5, 0.6) is 0 Å².